The lowest BCUT2D eigenvalue weighted by atomic mass is 10.1. The maximum Gasteiger partial charge on any atom is 0.306 e. The van der Waals surface area contributed by atoms with E-state index in [9.17, 15) is 8.42 Å². The van der Waals surface area contributed by atoms with Gasteiger partial charge in [0.05, 0.1) is 6.26 Å². The standard InChI is InChI=1S/C13H19NO3S/c1-18(15,16)17-13-7-5-12(6-8-13)11-14-9-3-2-4-10-14/h5-8H,2-4,9-11H2,1H3. The third-order valence-electron chi connectivity index (χ3n) is 3.03. The van der Waals surface area contributed by atoms with Crippen LogP contribution in [-0.4, -0.2) is 32.7 Å². The summed E-state index contributed by atoms with van der Waals surface area (Å²) in [5, 5.41) is 0. The van der Waals surface area contributed by atoms with Crippen molar-refractivity contribution in [3.05, 3.63) is 29.8 Å². The number of hydrogen-bond donors (Lipinski definition) is 0. The van der Waals surface area contributed by atoms with Crippen molar-refractivity contribution in [1.82, 2.24) is 4.90 Å². The van der Waals surface area contributed by atoms with Crippen LogP contribution in [0.2, 0.25) is 0 Å². The Balaban J connectivity index is 1.94. The van der Waals surface area contributed by atoms with Crippen molar-refractivity contribution in [3.8, 4) is 5.75 Å². The van der Waals surface area contributed by atoms with E-state index in [1.54, 1.807) is 12.1 Å². The van der Waals surface area contributed by atoms with Crippen LogP contribution in [0.1, 0.15) is 24.8 Å². The van der Waals surface area contributed by atoms with Crippen molar-refractivity contribution in [2.45, 2.75) is 25.8 Å². The molecule has 1 aromatic carbocycles. The molecule has 0 aromatic heterocycles. The van der Waals surface area contributed by atoms with Gasteiger partial charge < -0.3 is 4.18 Å². The summed E-state index contributed by atoms with van der Waals surface area (Å²) >= 11 is 0. The van der Waals surface area contributed by atoms with E-state index in [0.29, 0.717) is 5.75 Å². The van der Waals surface area contributed by atoms with Crippen LogP contribution in [0.5, 0.6) is 5.75 Å². The lowest BCUT2D eigenvalue weighted by Crippen LogP contribution is -2.29. The van der Waals surface area contributed by atoms with Crippen LogP contribution in [0.4, 0.5) is 0 Å². The lowest BCUT2D eigenvalue weighted by Gasteiger charge is -2.26. The number of piperidine rings is 1. The molecule has 0 amide bonds. The molecule has 0 saturated carbocycles. The first-order chi connectivity index (χ1) is 8.53. The first-order valence-electron chi connectivity index (χ1n) is 6.24. The van der Waals surface area contributed by atoms with Crippen molar-refractivity contribution in [1.29, 1.82) is 0 Å². The second-order valence-electron chi connectivity index (χ2n) is 4.77. The minimum Gasteiger partial charge on any atom is -0.383 e. The van der Waals surface area contributed by atoms with Crippen LogP contribution < -0.4 is 4.18 Å². The summed E-state index contributed by atoms with van der Waals surface area (Å²) in [5.74, 6) is 0.375. The molecule has 1 aromatic rings. The van der Waals surface area contributed by atoms with Crippen molar-refractivity contribution in [2.75, 3.05) is 19.3 Å². The molecule has 0 unspecified atom stereocenters. The highest BCUT2D eigenvalue weighted by Crippen LogP contribution is 2.17. The van der Waals surface area contributed by atoms with E-state index in [0.717, 1.165) is 25.9 Å². The zero-order valence-corrected chi connectivity index (χ0v) is 11.4. The van der Waals surface area contributed by atoms with Crippen molar-refractivity contribution in [3.63, 3.8) is 0 Å². The topological polar surface area (TPSA) is 46.6 Å². The molecule has 0 spiro atoms. The molecular formula is C13H19NO3S. The molecule has 0 radical (unpaired) electrons. The maximum absolute atomic E-state index is 11.0. The van der Waals surface area contributed by atoms with Gasteiger partial charge in [0, 0.05) is 6.54 Å². The van der Waals surface area contributed by atoms with Gasteiger partial charge in [0.2, 0.25) is 0 Å². The predicted molar refractivity (Wildman–Crippen MR) is 71.0 cm³/mol. The molecule has 5 heteroatoms. The second kappa shape index (κ2) is 5.71. The zero-order chi connectivity index (χ0) is 13.0. The van der Waals surface area contributed by atoms with Gasteiger partial charge in [0.15, 0.2) is 0 Å². The lowest BCUT2D eigenvalue weighted by molar-refractivity contribution is 0.221. The molecule has 4 nitrogen and oxygen atoms in total. The highest BCUT2D eigenvalue weighted by molar-refractivity contribution is 7.86. The minimum atomic E-state index is -3.43. The second-order valence-corrected chi connectivity index (χ2v) is 6.34. The molecule has 1 heterocycles. The summed E-state index contributed by atoms with van der Waals surface area (Å²) in [7, 11) is -3.43. The van der Waals surface area contributed by atoms with Crippen molar-refractivity contribution < 1.29 is 12.6 Å². The molecule has 100 valence electrons. The number of hydrogen-bond acceptors (Lipinski definition) is 4. The first kappa shape index (κ1) is 13.4. The quantitative estimate of drug-likeness (QED) is 0.784. The summed E-state index contributed by atoms with van der Waals surface area (Å²) in [5.41, 5.74) is 1.19. The molecular weight excluding hydrogens is 250 g/mol. The van der Waals surface area contributed by atoms with Crippen LogP contribution in [0.25, 0.3) is 0 Å². The van der Waals surface area contributed by atoms with Gasteiger partial charge in [-0.1, -0.05) is 18.6 Å². The highest BCUT2D eigenvalue weighted by atomic mass is 32.2. The third kappa shape index (κ3) is 4.31. The summed E-state index contributed by atoms with van der Waals surface area (Å²) in [4.78, 5) is 2.43. The maximum atomic E-state index is 11.0. The van der Waals surface area contributed by atoms with Gasteiger partial charge >= 0.3 is 10.1 Å². The van der Waals surface area contributed by atoms with Gasteiger partial charge in [-0.3, -0.25) is 4.90 Å². The Hall–Kier alpha value is -1.07. The van der Waals surface area contributed by atoms with Crippen LogP contribution >= 0.6 is 0 Å². The number of nitrogens with zero attached hydrogens (tertiary/aromatic N) is 1. The van der Waals surface area contributed by atoms with E-state index in [1.807, 2.05) is 12.1 Å². The van der Waals surface area contributed by atoms with E-state index in [2.05, 4.69) is 4.90 Å². The SMILES string of the molecule is CS(=O)(=O)Oc1ccc(CN2CCCCC2)cc1. The van der Waals surface area contributed by atoms with E-state index in [-0.39, 0.29) is 0 Å². The molecule has 1 aliphatic rings. The third-order valence-corrected chi connectivity index (χ3v) is 3.52. The van der Waals surface area contributed by atoms with Gasteiger partial charge in [-0.2, -0.15) is 8.42 Å². The fraction of sp³-hybridized carbons (Fsp3) is 0.538. The summed E-state index contributed by atoms with van der Waals surface area (Å²) in [6.45, 7) is 3.24. The molecule has 0 aliphatic carbocycles. The van der Waals surface area contributed by atoms with E-state index in [1.165, 1.54) is 24.8 Å². The Morgan fingerprint density at radius 1 is 1.11 bits per heavy atom. The Morgan fingerprint density at radius 3 is 2.28 bits per heavy atom. The van der Waals surface area contributed by atoms with Crippen molar-refractivity contribution >= 4 is 10.1 Å². The number of rotatable bonds is 4. The average Bonchev–Trinajstić information content (AvgIpc) is 2.31. The van der Waals surface area contributed by atoms with Gasteiger partial charge in [0.25, 0.3) is 0 Å². The van der Waals surface area contributed by atoms with E-state index in [4.69, 9.17) is 4.18 Å². The average molecular weight is 269 g/mol. The largest absolute Gasteiger partial charge is 0.383 e. The Kier molecular flexibility index (Phi) is 4.24. The summed E-state index contributed by atoms with van der Waals surface area (Å²) in [6.07, 6.45) is 4.93. The molecule has 0 atom stereocenters. The van der Waals surface area contributed by atoms with Crippen LogP contribution in [0, 0.1) is 0 Å². The predicted octanol–water partition coefficient (Wildman–Crippen LogP) is 2.01. The van der Waals surface area contributed by atoms with Gasteiger partial charge in [-0.25, -0.2) is 0 Å². The fourth-order valence-corrected chi connectivity index (χ4v) is 2.66. The first-order valence-corrected chi connectivity index (χ1v) is 8.05. The van der Waals surface area contributed by atoms with Gasteiger partial charge in [0.1, 0.15) is 5.75 Å². The van der Waals surface area contributed by atoms with E-state index >= 15 is 0 Å². The van der Waals surface area contributed by atoms with E-state index < -0.39 is 10.1 Å². The molecule has 0 N–H and O–H groups in total. The molecule has 1 aliphatic heterocycles. The molecule has 0 bridgehead atoms. The van der Waals surface area contributed by atoms with Gasteiger partial charge in [-0.05, 0) is 43.6 Å². The van der Waals surface area contributed by atoms with Crippen LogP contribution in [0.15, 0.2) is 24.3 Å². The molecule has 1 saturated heterocycles. The number of benzene rings is 1. The number of likely N-dealkylation sites (tertiary alicyclic amines) is 1. The normalized spacial score (nSPS) is 17.6. The summed E-state index contributed by atoms with van der Waals surface area (Å²) < 4.78 is 26.7. The smallest absolute Gasteiger partial charge is 0.306 e. The summed E-state index contributed by atoms with van der Waals surface area (Å²) in [6, 6.07) is 7.27. The van der Waals surface area contributed by atoms with Crippen molar-refractivity contribution in [2.24, 2.45) is 0 Å². The highest BCUT2D eigenvalue weighted by Gasteiger charge is 2.10. The monoisotopic (exact) mass is 269 g/mol. The van der Waals surface area contributed by atoms with Gasteiger partial charge in [-0.15, -0.1) is 0 Å². The zero-order valence-electron chi connectivity index (χ0n) is 10.6. The molecule has 1 fully saturated rings. The Bertz CT molecular complexity index is 475. The molecule has 18 heavy (non-hydrogen) atoms. The Labute approximate surface area is 109 Å². The fourth-order valence-electron chi connectivity index (χ4n) is 2.20. The van der Waals surface area contributed by atoms with Crippen LogP contribution in [-0.2, 0) is 16.7 Å². The molecule has 2 rings (SSSR count). The minimum absolute atomic E-state index is 0.375. The van der Waals surface area contributed by atoms with Crippen LogP contribution in [0.3, 0.4) is 0 Å². The Morgan fingerprint density at radius 2 is 1.72 bits per heavy atom.